The number of nitro groups is 2. The van der Waals surface area contributed by atoms with Gasteiger partial charge in [-0.15, -0.1) is 25.3 Å². The standard InChI is InChI=1S/C30H26N4O4S2/c31-27-15-19(3-5-21(27)7-10-24-12-14-26(40)18-30(24)34(37)38)1-2-20-4-6-23(29(16-20)33(35)36)9-8-22-11-13-25(39)17-28(22)32/h3-6,11-18,39-40H,7-10,31-32H2. The predicted octanol–water partition coefficient (Wildman–Crippen LogP) is 6.22. The van der Waals surface area contributed by atoms with Crippen molar-refractivity contribution in [1.29, 1.82) is 0 Å². The fourth-order valence-corrected chi connectivity index (χ4v) is 4.76. The van der Waals surface area contributed by atoms with E-state index >= 15 is 0 Å². The first kappa shape index (κ1) is 28.5. The van der Waals surface area contributed by atoms with E-state index in [-0.39, 0.29) is 11.4 Å². The number of nitrogen functional groups attached to an aromatic ring is 2. The summed E-state index contributed by atoms with van der Waals surface area (Å²) in [7, 11) is 0. The minimum atomic E-state index is -0.411. The molecule has 40 heavy (non-hydrogen) atoms. The lowest BCUT2D eigenvalue weighted by Crippen LogP contribution is -2.01. The third-order valence-electron chi connectivity index (χ3n) is 6.50. The van der Waals surface area contributed by atoms with Gasteiger partial charge in [0.25, 0.3) is 11.4 Å². The molecule has 0 aliphatic carbocycles. The Morgan fingerprint density at radius 3 is 1.50 bits per heavy atom. The molecule has 4 aromatic carbocycles. The SMILES string of the molecule is Nc1cc(C#Cc2ccc(CCc3ccc(S)cc3N)c([N+](=O)[O-])c2)ccc1CCc1ccc(S)cc1[N+](=O)[O-]. The summed E-state index contributed by atoms with van der Waals surface area (Å²) >= 11 is 8.45. The lowest BCUT2D eigenvalue weighted by atomic mass is 9.99. The van der Waals surface area contributed by atoms with Crippen LogP contribution in [-0.4, -0.2) is 9.85 Å². The summed E-state index contributed by atoms with van der Waals surface area (Å²) in [5.41, 5.74) is 17.6. The van der Waals surface area contributed by atoms with Gasteiger partial charge in [0.1, 0.15) is 0 Å². The zero-order valence-corrected chi connectivity index (χ0v) is 23.1. The maximum absolute atomic E-state index is 11.8. The van der Waals surface area contributed by atoms with E-state index in [2.05, 4.69) is 37.1 Å². The summed E-state index contributed by atoms with van der Waals surface area (Å²) < 4.78 is 0. The maximum Gasteiger partial charge on any atom is 0.273 e. The molecule has 10 heteroatoms. The number of nitro benzene ring substituents is 2. The number of rotatable bonds is 8. The molecule has 202 valence electrons. The van der Waals surface area contributed by atoms with Crippen LogP contribution in [0.3, 0.4) is 0 Å². The summed E-state index contributed by atoms with van der Waals surface area (Å²) in [6.07, 6.45) is 1.98. The van der Waals surface area contributed by atoms with Crippen molar-refractivity contribution >= 4 is 48.0 Å². The van der Waals surface area contributed by atoms with Crippen molar-refractivity contribution in [3.63, 3.8) is 0 Å². The van der Waals surface area contributed by atoms with Crippen LogP contribution in [0.2, 0.25) is 0 Å². The Kier molecular flexibility index (Phi) is 8.99. The van der Waals surface area contributed by atoms with E-state index in [1.165, 1.54) is 12.1 Å². The summed E-state index contributed by atoms with van der Waals surface area (Å²) in [5, 5.41) is 23.1. The largest absolute Gasteiger partial charge is 0.398 e. The molecule has 4 rings (SSSR count). The maximum atomic E-state index is 11.8. The van der Waals surface area contributed by atoms with Gasteiger partial charge in [0.15, 0.2) is 0 Å². The fraction of sp³-hybridized carbons (Fsp3) is 0.133. The van der Waals surface area contributed by atoms with Crippen molar-refractivity contribution < 1.29 is 9.85 Å². The minimum absolute atomic E-state index is 0.00564. The number of nitrogens with two attached hydrogens (primary N) is 2. The molecule has 0 saturated heterocycles. The van der Waals surface area contributed by atoms with E-state index < -0.39 is 9.85 Å². The lowest BCUT2D eigenvalue weighted by Gasteiger charge is -2.08. The van der Waals surface area contributed by atoms with Gasteiger partial charge in [0, 0.05) is 55.6 Å². The van der Waals surface area contributed by atoms with Gasteiger partial charge < -0.3 is 11.5 Å². The number of benzene rings is 4. The van der Waals surface area contributed by atoms with Crippen LogP contribution < -0.4 is 11.5 Å². The second kappa shape index (κ2) is 12.6. The smallest absolute Gasteiger partial charge is 0.273 e. The van der Waals surface area contributed by atoms with Crippen molar-refractivity contribution in [2.75, 3.05) is 11.5 Å². The third kappa shape index (κ3) is 7.14. The van der Waals surface area contributed by atoms with Gasteiger partial charge in [0.2, 0.25) is 0 Å². The van der Waals surface area contributed by atoms with Crippen molar-refractivity contribution in [2.24, 2.45) is 0 Å². The summed E-state index contributed by atoms with van der Waals surface area (Å²) in [6, 6.07) is 20.7. The van der Waals surface area contributed by atoms with E-state index in [0.29, 0.717) is 64.2 Å². The van der Waals surface area contributed by atoms with Crippen LogP contribution in [0.5, 0.6) is 0 Å². The first-order valence-corrected chi connectivity index (χ1v) is 13.2. The second-order valence-corrected chi connectivity index (χ2v) is 10.3. The zero-order chi connectivity index (χ0) is 28.8. The summed E-state index contributed by atoms with van der Waals surface area (Å²) in [4.78, 5) is 23.6. The number of hydrogen-bond acceptors (Lipinski definition) is 8. The van der Waals surface area contributed by atoms with Gasteiger partial charge >= 0.3 is 0 Å². The molecule has 4 N–H and O–H groups in total. The van der Waals surface area contributed by atoms with Gasteiger partial charge in [-0.1, -0.05) is 36.1 Å². The second-order valence-electron chi connectivity index (χ2n) is 9.22. The number of thiol groups is 2. The van der Waals surface area contributed by atoms with Crippen LogP contribution in [-0.2, 0) is 25.7 Å². The third-order valence-corrected chi connectivity index (χ3v) is 7.06. The molecular formula is C30H26N4O4S2. The Balaban J connectivity index is 1.47. The molecule has 0 aromatic heterocycles. The molecule has 0 aliphatic heterocycles. The van der Waals surface area contributed by atoms with Gasteiger partial charge in [0.05, 0.1) is 9.85 Å². The Morgan fingerprint density at radius 2 is 0.975 bits per heavy atom. The number of aryl methyl sites for hydroxylation is 4. The van der Waals surface area contributed by atoms with Crippen LogP contribution in [0.15, 0.2) is 82.6 Å². The Hall–Kier alpha value is -4.46. The number of hydrogen-bond donors (Lipinski definition) is 4. The predicted molar refractivity (Wildman–Crippen MR) is 163 cm³/mol. The monoisotopic (exact) mass is 570 g/mol. The van der Waals surface area contributed by atoms with E-state index in [1.807, 2.05) is 24.3 Å². The quantitative estimate of drug-likeness (QED) is 0.0653. The van der Waals surface area contributed by atoms with Crippen LogP contribution in [0.1, 0.15) is 33.4 Å². The van der Waals surface area contributed by atoms with E-state index in [0.717, 1.165) is 16.0 Å². The summed E-state index contributed by atoms with van der Waals surface area (Å²) in [6.45, 7) is 0. The zero-order valence-electron chi connectivity index (χ0n) is 21.3. The Bertz CT molecular complexity index is 1680. The van der Waals surface area contributed by atoms with Gasteiger partial charge in [-0.25, -0.2) is 0 Å². The first-order chi connectivity index (χ1) is 19.1. The fourth-order valence-electron chi connectivity index (χ4n) is 4.35. The van der Waals surface area contributed by atoms with Gasteiger partial charge in [-0.05, 0) is 73.2 Å². The van der Waals surface area contributed by atoms with Gasteiger partial charge in [-0.3, -0.25) is 20.2 Å². The summed E-state index contributed by atoms with van der Waals surface area (Å²) in [5.74, 6) is 6.00. The highest BCUT2D eigenvalue weighted by Crippen LogP contribution is 2.26. The average Bonchev–Trinajstić information content (AvgIpc) is 2.91. The van der Waals surface area contributed by atoms with Crippen molar-refractivity contribution in [2.45, 2.75) is 35.5 Å². The average molecular weight is 571 g/mol. The molecule has 0 bridgehead atoms. The first-order valence-electron chi connectivity index (χ1n) is 12.3. The molecular weight excluding hydrogens is 544 g/mol. The Morgan fingerprint density at radius 1 is 0.575 bits per heavy atom. The van der Waals surface area contributed by atoms with E-state index in [1.54, 1.807) is 36.4 Å². The Labute approximate surface area is 242 Å². The van der Waals surface area contributed by atoms with Crippen molar-refractivity contribution in [1.82, 2.24) is 0 Å². The van der Waals surface area contributed by atoms with Crippen LogP contribution in [0.4, 0.5) is 22.7 Å². The molecule has 0 amide bonds. The normalized spacial score (nSPS) is 10.6. The topological polar surface area (TPSA) is 138 Å². The molecule has 0 unspecified atom stereocenters. The molecule has 0 spiro atoms. The highest BCUT2D eigenvalue weighted by atomic mass is 32.1. The molecule has 0 aliphatic rings. The van der Waals surface area contributed by atoms with Crippen LogP contribution in [0.25, 0.3) is 0 Å². The molecule has 0 atom stereocenters. The highest BCUT2D eigenvalue weighted by molar-refractivity contribution is 7.80. The van der Waals surface area contributed by atoms with Crippen LogP contribution in [0, 0.1) is 32.1 Å². The van der Waals surface area contributed by atoms with Crippen molar-refractivity contribution in [3.05, 3.63) is 126 Å². The molecule has 4 aromatic rings. The molecule has 0 heterocycles. The van der Waals surface area contributed by atoms with Gasteiger partial charge in [-0.2, -0.15) is 0 Å². The molecule has 0 radical (unpaired) electrons. The molecule has 0 fully saturated rings. The molecule has 8 nitrogen and oxygen atoms in total. The van der Waals surface area contributed by atoms with E-state index in [4.69, 9.17) is 11.5 Å². The number of nitrogens with zero attached hydrogens (tertiary/aromatic N) is 2. The van der Waals surface area contributed by atoms with Crippen molar-refractivity contribution in [3.8, 4) is 11.8 Å². The van der Waals surface area contributed by atoms with E-state index in [9.17, 15) is 20.2 Å². The molecule has 0 saturated carbocycles. The highest BCUT2D eigenvalue weighted by Gasteiger charge is 2.16. The number of anilines is 2. The lowest BCUT2D eigenvalue weighted by molar-refractivity contribution is -0.385. The van der Waals surface area contributed by atoms with Crippen LogP contribution >= 0.6 is 25.3 Å². The minimum Gasteiger partial charge on any atom is -0.398 e.